The third kappa shape index (κ3) is 2.40. The van der Waals surface area contributed by atoms with Crippen LogP contribution < -0.4 is 4.74 Å². The molecule has 0 N–H and O–H groups in total. The molecule has 0 aromatic heterocycles. The molecule has 2 unspecified atom stereocenters. The van der Waals surface area contributed by atoms with Gasteiger partial charge in [-0.3, -0.25) is 0 Å². The first kappa shape index (κ1) is 13.4. The van der Waals surface area contributed by atoms with E-state index in [0.717, 1.165) is 12.4 Å². The van der Waals surface area contributed by atoms with Gasteiger partial charge in [0, 0.05) is 16.3 Å². The van der Waals surface area contributed by atoms with Gasteiger partial charge in [0.05, 0.1) is 6.61 Å². The summed E-state index contributed by atoms with van der Waals surface area (Å²) in [4.78, 5) is 0.327. The summed E-state index contributed by atoms with van der Waals surface area (Å²) in [6.07, 6.45) is 5.16. The van der Waals surface area contributed by atoms with Crippen molar-refractivity contribution in [3.8, 4) is 5.75 Å². The lowest BCUT2D eigenvalue weighted by Gasteiger charge is -2.21. The molecular weight excluding hydrogens is 324 g/mol. The summed E-state index contributed by atoms with van der Waals surface area (Å²) < 4.78 is 5.84. The molecule has 1 aliphatic carbocycles. The molecule has 4 rings (SSSR count). The van der Waals surface area contributed by atoms with E-state index in [1.807, 2.05) is 6.07 Å². The first-order valence-corrected chi connectivity index (χ1v) is 8.72. The van der Waals surface area contributed by atoms with Crippen LogP contribution in [0.1, 0.15) is 45.8 Å². The fourth-order valence-corrected chi connectivity index (χ4v) is 4.31. The molecular formula is C19H19BrO. The van der Waals surface area contributed by atoms with Gasteiger partial charge in [-0.25, -0.2) is 0 Å². The molecule has 0 amide bonds. The smallest absolute Gasteiger partial charge is 0.122 e. The molecule has 2 atom stereocenters. The summed E-state index contributed by atoms with van der Waals surface area (Å²) in [6, 6.07) is 15.5. The van der Waals surface area contributed by atoms with E-state index >= 15 is 0 Å². The number of ether oxygens (including phenoxy) is 1. The Labute approximate surface area is 134 Å². The third-order valence-corrected chi connectivity index (χ3v) is 5.95. The zero-order chi connectivity index (χ0) is 14.2. The Balaban J connectivity index is 1.65. The van der Waals surface area contributed by atoms with Crippen LogP contribution >= 0.6 is 15.9 Å². The maximum atomic E-state index is 5.84. The quantitative estimate of drug-likeness (QED) is 0.683. The average Bonchev–Trinajstić information content (AvgIpc) is 2.98. The Morgan fingerprint density at radius 3 is 2.71 bits per heavy atom. The van der Waals surface area contributed by atoms with E-state index in [2.05, 4.69) is 52.3 Å². The minimum atomic E-state index is 0.327. The van der Waals surface area contributed by atoms with Crippen LogP contribution in [0.15, 0.2) is 42.5 Å². The summed E-state index contributed by atoms with van der Waals surface area (Å²) in [7, 11) is 0. The number of aryl methyl sites for hydroxylation is 2. The number of alkyl halides is 1. The number of halogens is 1. The summed E-state index contributed by atoms with van der Waals surface area (Å²) in [5.74, 6) is 1.45. The van der Waals surface area contributed by atoms with Gasteiger partial charge in [-0.2, -0.15) is 0 Å². The number of hydrogen-bond donors (Lipinski definition) is 0. The third-order valence-electron chi connectivity index (χ3n) is 4.78. The minimum absolute atomic E-state index is 0.327. The van der Waals surface area contributed by atoms with Crippen LogP contribution in [-0.4, -0.2) is 6.61 Å². The van der Waals surface area contributed by atoms with Crippen molar-refractivity contribution in [3.63, 3.8) is 0 Å². The second-order valence-electron chi connectivity index (χ2n) is 6.09. The van der Waals surface area contributed by atoms with Crippen LogP contribution in [0.25, 0.3) is 0 Å². The van der Waals surface area contributed by atoms with Gasteiger partial charge in [0.2, 0.25) is 0 Å². The Bertz CT molecular complexity index is 664. The van der Waals surface area contributed by atoms with Crippen LogP contribution in [0.3, 0.4) is 0 Å². The van der Waals surface area contributed by atoms with Crippen molar-refractivity contribution in [2.24, 2.45) is 0 Å². The topological polar surface area (TPSA) is 9.23 Å². The van der Waals surface area contributed by atoms with E-state index in [9.17, 15) is 0 Å². The molecule has 2 heteroatoms. The van der Waals surface area contributed by atoms with Crippen LogP contribution in [0.2, 0.25) is 0 Å². The van der Waals surface area contributed by atoms with Gasteiger partial charge in [0.1, 0.15) is 5.75 Å². The van der Waals surface area contributed by atoms with E-state index in [4.69, 9.17) is 4.74 Å². The Hall–Kier alpha value is -1.28. The summed E-state index contributed by atoms with van der Waals surface area (Å²) >= 11 is 3.93. The second kappa shape index (κ2) is 5.49. The van der Waals surface area contributed by atoms with Crippen molar-refractivity contribution in [3.05, 3.63) is 64.7 Å². The van der Waals surface area contributed by atoms with Crippen LogP contribution in [0.5, 0.6) is 5.75 Å². The first-order chi connectivity index (χ1) is 10.3. The molecule has 0 spiro atoms. The van der Waals surface area contributed by atoms with Gasteiger partial charge in [-0.1, -0.05) is 52.3 Å². The highest BCUT2D eigenvalue weighted by Gasteiger charge is 2.31. The van der Waals surface area contributed by atoms with Gasteiger partial charge in [-0.05, 0) is 48.4 Å². The van der Waals surface area contributed by atoms with Crippen LogP contribution in [-0.2, 0) is 12.8 Å². The zero-order valence-corrected chi connectivity index (χ0v) is 13.6. The molecule has 0 bridgehead atoms. The van der Waals surface area contributed by atoms with Gasteiger partial charge in [0.15, 0.2) is 0 Å². The highest BCUT2D eigenvalue weighted by Crippen LogP contribution is 2.45. The normalized spacial score (nSPS) is 21.3. The number of fused-ring (bicyclic) bond motifs is 2. The molecule has 2 aliphatic rings. The van der Waals surface area contributed by atoms with Gasteiger partial charge in [-0.15, -0.1) is 0 Å². The average molecular weight is 343 g/mol. The number of hydrogen-bond acceptors (Lipinski definition) is 1. The predicted octanol–water partition coefficient (Wildman–Crippen LogP) is 5.18. The molecule has 1 aliphatic heterocycles. The molecule has 2 aromatic carbocycles. The zero-order valence-electron chi connectivity index (χ0n) is 12.0. The molecule has 1 heterocycles. The maximum Gasteiger partial charge on any atom is 0.122 e. The van der Waals surface area contributed by atoms with Crippen molar-refractivity contribution < 1.29 is 4.74 Å². The monoisotopic (exact) mass is 342 g/mol. The van der Waals surface area contributed by atoms with E-state index in [0.29, 0.717) is 10.7 Å². The summed E-state index contributed by atoms with van der Waals surface area (Å²) in [5, 5.41) is 0. The van der Waals surface area contributed by atoms with Gasteiger partial charge in [0.25, 0.3) is 0 Å². The Kier molecular flexibility index (Phi) is 3.50. The van der Waals surface area contributed by atoms with Crippen LogP contribution in [0.4, 0.5) is 0 Å². The lowest BCUT2D eigenvalue weighted by Crippen LogP contribution is -2.09. The predicted molar refractivity (Wildman–Crippen MR) is 89.4 cm³/mol. The van der Waals surface area contributed by atoms with E-state index in [-0.39, 0.29) is 0 Å². The summed E-state index contributed by atoms with van der Waals surface area (Å²) in [6.45, 7) is 0.770. The standard InChI is InChI=1S/C19H19BrO/c20-19(17-12-21-18-8-4-3-7-16(17)18)15-10-9-13-5-1-2-6-14(13)11-15/h3-4,7-11,17,19H,1-2,5-6,12H2. The highest BCUT2D eigenvalue weighted by atomic mass is 79.9. The molecule has 1 nitrogen and oxygen atoms in total. The van der Waals surface area contributed by atoms with Crippen molar-refractivity contribution in [2.75, 3.05) is 6.61 Å². The fourth-order valence-electron chi connectivity index (χ4n) is 3.59. The molecule has 108 valence electrons. The van der Waals surface area contributed by atoms with Crippen molar-refractivity contribution >= 4 is 15.9 Å². The second-order valence-corrected chi connectivity index (χ2v) is 7.08. The lowest BCUT2D eigenvalue weighted by molar-refractivity contribution is 0.329. The molecule has 0 radical (unpaired) electrons. The lowest BCUT2D eigenvalue weighted by atomic mass is 9.87. The van der Waals surface area contributed by atoms with Gasteiger partial charge < -0.3 is 4.74 Å². The van der Waals surface area contributed by atoms with E-state index in [1.54, 1.807) is 11.1 Å². The van der Waals surface area contributed by atoms with Crippen molar-refractivity contribution in [1.82, 2.24) is 0 Å². The minimum Gasteiger partial charge on any atom is -0.493 e. The molecule has 0 saturated carbocycles. The SMILES string of the molecule is BrC(c1ccc2c(c1)CCCC2)C1COc2ccccc21. The first-order valence-electron chi connectivity index (χ1n) is 7.80. The van der Waals surface area contributed by atoms with Crippen LogP contribution in [0, 0.1) is 0 Å². The molecule has 21 heavy (non-hydrogen) atoms. The van der Waals surface area contributed by atoms with E-state index < -0.39 is 0 Å². The summed E-state index contributed by atoms with van der Waals surface area (Å²) in [5.41, 5.74) is 5.82. The van der Waals surface area contributed by atoms with E-state index in [1.165, 1.54) is 36.8 Å². The van der Waals surface area contributed by atoms with Gasteiger partial charge >= 0.3 is 0 Å². The highest BCUT2D eigenvalue weighted by molar-refractivity contribution is 9.09. The fraction of sp³-hybridized carbons (Fsp3) is 0.368. The van der Waals surface area contributed by atoms with Crippen molar-refractivity contribution in [1.29, 1.82) is 0 Å². The van der Waals surface area contributed by atoms with Crippen molar-refractivity contribution in [2.45, 2.75) is 36.4 Å². The molecule has 2 aromatic rings. The number of para-hydroxylation sites is 1. The molecule has 0 saturated heterocycles. The number of rotatable bonds is 2. The maximum absolute atomic E-state index is 5.84. The Morgan fingerprint density at radius 2 is 1.81 bits per heavy atom. The Morgan fingerprint density at radius 1 is 1.00 bits per heavy atom. The molecule has 0 fully saturated rings. The largest absolute Gasteiger partial charge is 0.493 e. The number of benzene rings is 2.